The number of urea groups is 1. The first-order chi connectivity index (χ1) is 15.1. The largest absolute Gasteiger partial charge is 0.342 e. The highest BCUT2D eigenvalue weighted by Gasteiger charge is 2.27. The number of piperidine rings is 1. The van der Waals surface area contributed by atoms with Crippen LogP contribution in [0.3, 0.4) is 0 Å². The van der Waals surface area contributed by atoms with Crippen molar-refractivity contribution in [3.05, 3.63) is 76.7 Å². The number of nitrogens with zero attached hydrogens (tertiary/aromatic N) is 3. The third kappa shape index (κ3) is 3.61. The average Bonchev–Trinajstić information content (AvgIpc) is 3.37. The van der Waals surface area contributed by atoms with Gasteiger partial charge >= 0.3 is 11.7 Å². The smallest absolute Gasteiger partial charge is 0.330 e. The van der Waals surface area contributed by atoms with E-state index in [1.54, 1.807) is 10.8 Å². The molecule has 3 N–H and O–H groups in total. The van der Waals surface area contributed by atoms with E-state index in [0.29, 0.717) is 24.5 Å². The summed E-state index contributed by atoms with van der Waals surface area (Å²) in [5.74, 6) is 1.09. The second-order valence-electron chi connectivity index (χ2n) is 7.94. The third-order valence-corrected chi connectivity index (χ3v) is 5.85. The van der Waals surface area contributed by atoms with Gasteiger partial charge < -0.3 is 20.2 Å². The molecule has 8 heteroatoms. The summed E-state index contributed by atoms with van der Waals surface area (Å²) in [5.41, 5.74) is 3.74. The van der Waals surface area contributed by atoms with Gasteiger partial charge in [-0.2, -0.15) is 0 Å². The van der Waals surface area contributed by atoms with Gasteiger partial charge in [0.05, 0.1) is 22.4 Å². The molecule has 0 bridgehead atoms. The molecule has 31 heavy (non-hydrogen) atoms. The summed E-state index contributed by atoms with van der Waals surface area (Å²) in [5, 5.41) is 3.00. The van der Waals surface area contributed by atoms with Crippen molar-refractivity contribution in [2.24, 2.45) is 0 Å². The topological polar surface area (TPSA) is 98.8 Å². The number of nitrogens with one attached hydrogen (secondary N) is 3. The lowest BCUT2D eigenvalue weighted by Crippen LogP contribution is -2.42. The van der Waals surface area contributed by atoms with Crippen molar-refractivity contribution in [3.63, 3.8) is 0 Å². The number of hydrogen-bond donors (Lipinski definition) is 3. The average molecular weight is 416 g/mol. The highest BCUT2D eigenvalue weighted by molar-refractivity contribution is 5.91. The van der Waals surface area contributed by atoms with Crippen LogP contribution in [-0.4, -0.2) is 43.5 Å². The van der Waals surface area contributed by atoms with Gasteiger partial charge in [0.1, 0.15) is 5.82 Å². The van der Waals surface area contributed by atoms with Gasteiger partial charge in [0, 0.05) is 30.9 Å². The van der Waals surface area contributed by atoms with Gasteiger partial charge in [-0.3, -0.25) is 4.57 Å². The van der Waals surface area contributed by atoms with Crippen LogP contribution < -0.4 is 11.0 Å². The van der Waals surface area contributed by atoms with Crippen LogP contribution in [0.5, 0.6) is 0 Å². The number of hydrogen-bond acceptors (Lipinski definition) is 3. The van der Waals surface area contributed by atoms with Gasteiger partial charge in [-0.1, -0.05) is 24.3 Å². The molecule has 0 spiro atoms. The summed E-state index contributed by atoms with van der Waals surface area (Å²) >= 11 is 0. The van der Waals surface area contributed by atoms with Gasteiger partial charge in [-0.15, -0.1) is 0 Å². The van der Waals surface area contributed by atoms with E-state index < -0.39 is 0 Å². The maximum Gasteiger partial charge on any atom is 0.330 e. The fraction of sp³-hybridized carbons (Fsp3) is 0.261. The molecule has 8 nitrogen and oxygen atoms in total. The molecule has 1 atom stereocenters. The molecule has 0 saturated carbocycles. The molecule has 1 aliphatic heterocycles. The second-order valence-corrected chi connectivity index (χ2v) is 7.94. The maximum atomic E-state index is 13.1. The number of aryl methyl sites for hydroxylation is 1. The van der Waals surface area contributed by atoms with Crippen molar-refractivity contribution >= 4 is 22.8 Å². The van der Waals surface area contributed by atoms with E-state index in [1.807, 2.05) is 60.4 Å². The summed E-state index contributed by atoms with van der Waals surface area (Å²) in [6.07, 6.45) is 3.55. The van der Waals surface area contributed by atoms with Crippen molar-refractivity contribution in [1.82, 2.24) is 24.4 Å². The first-order valence-electron chi connectivity index (χ1n) is 10.5. The monoisotopic (exact) mass is 416 g/mol. The van der Waals surface area contributed by atoms with E-state index in [0.717, 1.165) is 35.4 Å². The zero-order valence-electron chi connectivity index (χ0n) is 17.3. The minimum atomic E-state index is -0.234. The number of benzene rings is 2. The minimum Gasteiger partial charge on any atom is -0.342 e. The number of imidazole rings is 2. The van der Waals surface area contributed by atoms with Gasteiger partial charge in [0.25, 0.3) is 0 Å². The Hall–Kier alpha value is -3.81. The van der Waals surface area contributed by atoms with Crippen molar-refractivity contribution in [2.45, 2.75) is 25.7 Å². The quantitative estimate of drug-likeness (QED) is 0.474. The van der Waals surface area contributed by atoms with E-state index in [9.17, 15) is 9.59 Å². The summed E-state index contributed by atoms with van der Waals surface area (Å²) in [6, 6.07) is 15.1. The van der Waals surface area contributed by atoms with E-state index in [2.05, 4.69) is 15.3 Å². The molecule has 158 valence electrons. The summed E-state index contributed by atoms with van der Waals surface area (Å²) in [4.78, 5) is 38.0. The van der Waals surface area contributed by atoms with Crippen molar-refractivity contribution in [2.75, 3.05) is 18.4 Å². The third-order valence-electron chi connectivity index (χ3n) is 5.85. The summed E-state index contributed by atoms with van der Waals surface area (Å²) in [6.45, 7) is 3.13. The Bertz CT molecular complexity index is 1270. The van der Waals surface area contributed by atoms with Gasteiger partial charge in [0.2, 0.25) is 0 Å². The first kappa shape index (κ1) is 19.2. The van der Waals surface area contributed by atoms with Crippen molar-refractivity contribution in [3.8, 4) is 5.69 Å². The summed E-state index contributed by atoms with van der Waals surface area (Å²) < 4.78 is 1.56. The van der Waals surface area contributed by atoms with Gasteiger partial charge in [-0.05, 0) is 44.0 Å². The second kappa shape index (κ2) is 7.79. The predicted octanol–water partition coefficient (Wildman–Crippen LogP) is 3.76. The molecule has 1 fully saturated rings. The minimum absolute atomic E-state index is 0.164. The molecule has 3 heterocycles. The normalized spacial score (nSPS) is 16.5. The highest BCUT2D eigenvalue weighted by Crippen LogP contribution is 2.28. The number of aromatic amines is 2. The molecule has 2 aromatic heterocycles. The number of amides is 2. The number of likely N-dealkylation sites (tertiary alicyclic amines) is 1. The fourth-order valence-corrected chi connectivity index (χ4v) is 4.27. The molecular formula is C23H24N6O2. The lowest BCUT2D eigenvalue weighted by molar-refractivity contribution is 0.191. The number of carbonyl (C=O) groups excluding carboxylic acids is 1. The van der Waals surface area contributed by atoms with Gasteiger partial charge in [0.15, 0.2) is 0 Å². The fourth-order valence-electron chi connectivity index (χ4n) is 4.27. The molecule has 2 aromatic carbocycles. The van der Waals surface area contributed by atoms with Crippen LogP contribution in [0.1, 0.15) is 30.3 Å². The molecule has 0 aliphatic carbocycles. The van der Waals surface area contributed by atoms with Crippen LogP contribution in [0, 0.1) is 6.92 Å². The maximum absolute atomic E-state index is 13.1. The zero-order chi connectivity index (χ0) is 21.4. The number of aromatic nitrogens is 4. The Labute approximate surface area is 178 Å². The highest BCUT2D eigenvalue weighted by atomic mass is 16.2. The lowest BCUT2D eigenvalue weighted by Gasteiger charge is -2.32. The van der Waals surface area contributed by atoms with Crippen molar-refractivity contribution in [1.29, 1.82) is 0 Å². The molecule has 0 radical (unpaired) electrons. The predicted molar refractivity (Wildman–Crippen MR) is 120 cm³/mol. The number of H-pyrrole nitrogens is 2. The van der Waals surface area contributed by atoms with Crippen LogP contribution in [0.4, 0.5) is 10.5 Å². The number of anilines is 1. The van der Waals surface area contributed by atoms with Crippen LogP contribution in [-0.2, 0) is 0 Å². The van der Waals surface area contributed by atoms with Crippen LogP contribution in [0.25, 0.3) is 16.7 Å². The molecule has 1 unspecified atom stereocenters. The Morgan fingerprint density at radius 1 is 1.16 bits per heavy atom. The molecule has 4 aromatic rings. The first-order valence-corrected chi connectivity index (χ1v) is 10.5. The molecule has 1 saturated heterocycles. The van der Waals surface area contributed by atoms with Crippen molar-refractivity contribution < 1.29 is 4.79 Å². The molecule has 1 aliphatic rings. The summed E-state index contributed by atoms with van der Waals surface area (Å²) in [7, 11) is 0. The Balaban J connectivity index is 1.36. The molecule has 5 rings (SSSR count). The van der Waals surface area contributed by atoms with E-state index >= 15 is 0 Å². The van der Waals surface area contributed by atoms with E-state index in [4.69, 9.17) is 4.98 Å². The standard InChI is InChI=1S/C23H24N6O2/c1-15-13-24-22(30)29(15)20-11-5-4-10-19(20)27-23(31)28-12-6-7-16(14-28)21-25-17-8-2-3-9-18(17)26-21/h2-5,8-11,13,16H,6-7,12,14H2,1H3,(H,24,30)(H,25,26)(H,27,31). The Kier molecular flexibility index (Phi) is 4.82. The Morgan fingerprint density at radius 2 is 1.97 bits per heavy atom. The van der Waals surface area contributed by atoms with E-state index in [1.165, 1.54) is 0 Å². The number of fused-ring (bicyclic) bond motifs is 1. The van der Waals surface area contributed by atoms with Crippen LogP contribution in [0.15, 0.2) is 59.5 Å². The zero-order valence-corrected chi connectivity index (χ0v) is 17.3. The molecular weight excluding hydrogens is 392 g/mol. The Morgan fingerprint density at radius 3 is 2.77 bits per heavy atom. The van der Waals surface area contributed by atoms with Crippen LogP contribution >= 0.6 is 0 Å². The number of para-hydroxylation sites is 4. The number of carbonyl (C=O) groups is 1. The SMILES string of the molecule is Cc1c[nH]c(=O)n1-c1ccccc1NC(=O)N1CCCC(c2nc3ccccc3[nH]2)C1. The van der Waals surface area contributed by atoms with Crippen LogP contribution in [0.2, 0.25) is 0 Å². The lowest BCUT2D eigenvalue weighted by atomic mass is 9.97. The number of rotatable bonds is 3. The molecule has 2 amide bonds. The van der Waals surface area contributed by atoms with E-state index in [-0.39, 0.29) is 17.6 Å². The van der Waals surface area contributed by atoms with Gasteiger partial charge in [-0.25, -0.2) is 14.6 Å².